The van der Waals surface area contributed by atoms with Crippen LogP contribution in [0.15, 0.2) is 5.10 Å². The second-order valence-electron chi connectivity index (χ2n) is 4.43. The highest BCUT2D eigenvalue weighted by molar-refractivity contribution is 6.75. The summed E-state index contributed by atoms with van der Waals surface area (Å²) < 4.78 is -3.40. The summed E-state index contributed by atoms with van der Waals surface area (Å²) in [7, 11) is 0. The van der Waals surface area contributed by atoms with Gasteiger partial charge < -0.3 is 4.90 Å². The zero-order chi connectivity index (χ0) is 14.1. The molecule has 0 N–H and O–H groups in total. The Morgan fingerprint density at radius 1 is 1.22 bits per heavy atom. The largest absolute Gasteiger partial charge is 0.334 e. The lowest BCUT2D eigenvalue weighted by Gasteiger charge is -2.42. The van der Waals surface area contributed by atoms with Crippen molar-refractivity contribution in [1.82, 2.24) is 9.91 Å². The van der Waals surface area contributed by atoms with E-state index in [4.69, 9.17) is 58.0 Å². The number of hydrazone groups is 1. The van der Waals surface area contributed by atoms with Crippen LogP contribution in [0, 0.1) is 0 Å². The Hall–Kier alpha value is 0.720. The first kappa shape index (κ1) is 16.8. The second-order valence-corrected chi connectivity index (χ2v) is 8.10. The van der Waals surface area contributed by atoms with Gasteiger partial charge in [0.15, 0.2) is 6.17 Å². The minimum Gasteiger partial charge on any atom is -0.334 e. The highest BCUT2D eigenvalue weighted by Gasteiger charge is 2.57. The summed E-state index contributed by atoms with van der Waals surface area (Å²) in [6.45, 7) is 6.71. The van der Waals surface area contributed by atoms with Gasteiger partial charge in [0.05, 0.1) is 0 Å². The summed E-state index contributed by atoms with van der Waals surface area (Å²) in [6.07, 6.45) is 2.07. The second kappa shape index (κ2) is 6.01. The third-order valence-corrected chi connectivity index (χ3v) is 5.08. The van der Waals surface area contributed by atoms with E-state index in [0.29, 0.717) is 6.54 Å². The molecule has 1 unspecified atom stereocenters. The lowest BCUT2D eigenvalue weighted by atomic mass is 10.2. The van der Waals surface area contributed by atoms with Crippen LogP contribution in [0.4, 0.5) is 0 Å². The van der Waals surface area contributed by atoms with Crippen molar-refractivity contribution in [2.45, 2.75) is 47.5 Å². The standard InChI is InChI=1S/C10H16Cl5N3/c1-4-5-18-8(9(11,12)10(13,14)15)17(6-16-18)7(2)3/h6-8H,4-5H2,1-3H3. The minimum atomic E-state index is -1.81. The molecule has 1 rings (SSSR count). The molecule has 0 aromatic rings. The molecule has 0 saturated heterocycles. The molecule has 8 heteroatoms. The molecule has 0 saturated carbocycles. The average molecular weight is 356 g/mol. The van der Waals surface area contributed by atoms with Gasteiger partial charge in [-0.1, -0.05) is 64.9 Å². The SMILES string of the molecule is CCCN1N=CN(C(C)C)C1C(Cl)(Cl)C(Cl)(Cl)Cl. The maximum absolute atomic E-state index is 6.29. The molecule has 0 aromatic carbocycles. The van der Waals surface area contributed by atoms with Gasteiger partial charge >= 0.3 is 0 Å². The van der Waals surface area contributed by atoms with Gasteiger partial charge in [-0.15, -0.1) is 0 Å². The number of halogens is 5. The van der Waals surface area contributed by atoms with Crippen LogP contribution in [0.3, 0.4) is 0 Å². The normalized spacial score (nSPS) is 21.3. The Morgan fingerprint density at radius 2 is 1.78 bits per heavy atom. The lowest BCUT2D eigenvalue weighted by Crippen LogP contribution is -2.58. The number of hydrogen-bond acceptors (Lipinski definition) is 3. The highest BCUT2D eigenvalue weighted by atomic mass is 35.6. The number of rotatable bonds is 4. The Bertz CT molecular complexity index is 313. The zero-order valence-corrected chi connectivity index (χ0v) is 14.2. The Labute approximate surface area is 133 Å². The van der Waals surface area contributed by atoms with Crippen LogP contribution >= 0.6 is 58.0 Å². The molecule has 3 nitrogen and oxygen atoms in total. The predicted octanol–water partition coefficient (Wildman–Crippen LogP) is 4.24. The quantitative estimate of drug-likeness (QED) is 0.703. The summed E-state index contributed by atoms with van der Waals surface area (Å²) in [5.41, 5.74) is 0. The van der Waals surface area contributed by atoms with E-state index in [1.54, 1.807) is 11.3 Å². The van der Waals surface area contributed by atoms with Crippen LogP contribution in [0.5, 0.6) is 0 Å². The van der Waals surface area contributed by atoms with Crippen molar-refractivity contribution in [3.8, 4) is 0 Å². The summed E-state index contributed by atoms with van der Waals surface area (Å²) in [5.74, 6) is 0. The van der Waals surface area contributed by atoms with Gasteiger partial charge in [-0.2, -0.15) is 5.10 Å². The number of nitrogens with zero attached hydrogens (tertiary/aromatic N) is 3. The van der Waals surface area contributed by atoms with Gasteiger partial charge in [-0.05, 0) is 20.3 Å². The molecule has 0 aliphatic carbocycles. The maximum Gasteiger partial charge on any atom is 0.227 e. The maximum atomic E-state index is 6.29. The lowest BCUT2D eigenvalue weighted by molar-refractivity contribution is 0.0980. The van der Waals surface area contributed by atoms with Gasteiger partial charge in [0, 0.05) is 12.6 Å². The van der Waals surface area contributed by atoms with Crippen molar-refractivity contribution in [2.75, 3.05) is 6.54 Å². The number of hydrogen-bond donors (Lipinski definition) is 0. The van der Waals surface area contributed by atoms with Crippen molar-refractivity contribution in [1.29, 1.82) is 0 Å². The third kappa shape index (κ3) is 3.24. The van der Waals surface area contributed by atoms with Gasteiger partial charge in [0.1, 0.15) is 6.34 Å². The van der Waals surface area contributed by atoms with E-state index < -0.39 is 14.3 Å². The summed E-state index contributed by atoms with van der Waals surface area (Å²) >= 11 is 30.3. The van der Waals surface area contributed by atoms with Crippen LogP contribution in [0.25, 0.3) is 0 Å². The molecule has 0 spiro atoms. The van der Waals surface area contributed by atoms with Crippen LogP contribution in [-0.2, 0) is 0 Å². The molecule has 1 atom stereocenters. The average Bonchev–Trinajstić information content (AvgIpc) is 2.60. The molecule has 0 amide bonds. The van der Waals surface area contributed by atoms with Gasteiger partial charge in [0.25, 0.3) is 0 Å². The first-order valence-electron chi connectivity index (χ1n) is 5.65. The van der Waals surface area contributed by atoms with E-state index in [0.717, 1.165) is 6.42 Å². The van der Waals surface area contributed by atoms with Crippen LogP contribution < -0.4 is 0 Å². The molecule has 1 aliphatic rings. The predicted molar refractivity (Wildman–Crippen MR) is 81.0 cm³/mol. The van der Waals surface area contributed by atoms with Gasteiger partial charge in [-0.3, -0.25) is 5.01 Å². The van der Waals surface area contributed by atoms with Crippen molar-refractivity contribution in [2.24, 2.45) is 5.10 Å². The molecule has 1 aliphatic heterocycles. The Balaban J connectivity index is 3.06. The molecular weight excluding hydrogens is 339 g/mol. The summed E-state index contributed by atoms with van der Waals surface area (Å²) in [4.78, 5) is 1.89. The Morgan fingerprint density at radius 3 is 2.17 bits per heavy atom. The van der Waals surface area contributed by atoms with Crippen molar-refractivity contribution < 1.29 is 0 Å². The summed E-state index contributed by atoms with van der Waals surface area (Å²) in [6, 6.07) is 0.143. The zero-order valence-electron chi connectivity index (χ0n) is 10.4. The van der Waals surface area contributed by atoms with Crippen LogP contribution in [0.2, 0.25) is 0 Å². The molecule has 18 heavy (non-hydrogen) atoms. The van der Waals surface area contributed by atoms with E-state index in [1.165, 1.54) is 0 Å². The molecule has 0 bridgehead atoms. The highest BCUT2D eigenvalue weighted by Crippen LogP contribution is 2.51. The van der Waals surface area contributed by atoms with Gasteiger partial charge in [-0.25, -0.2) is 0 Å². The van der Waals surface area contributed by atoms with E-state index >= 15 is 0 Å². The molecule has 0 radical (unpaired) electrons. The van der Waals surface area contributed by atoms with Crippen molar-refractivity contribution in [3.63, 3.8) is 0 Å². The molecule has 0 aromatic heterocycles. The third-order valence-electron chi connectivity index (χ3n) is 2.65. The van der Waals surface area contributed by atoms with Crippen molar-refractivity contribution >= 4 is 64.3 Å². The molecule has 106 valence electrons. The number of alkyl halides is 5. The van der Waals surface area contributed by atoms with E-state index in [1.807, 2.05) is 25.7 Å². The van der Waals surface area contributed by atoms with Crippen molar-refractivity contribution in [3.05, 3.63) is 0 Å². The fourth-order valence-corrected chi connectivity index (χ4v) is 2.50. The Kier molecular flexibility index (Phi) is 5.60. The monoisotopic (exact) mass is 353 g/mol. The first-order chi connectivity index (χ1) is 8.13. The fraction of sp³-hybridized carbons (Fsp3) is 0.900. The molecular formula is C10H16Cl5N3. The minimum absolute atomic E-state index is 0.143. The molecule has 1 heterocycles. The fourth-order valence-electron chi connectivity index (χ4n) is 1.75. The van der Waals surface area contributed by atoms with Gasteiger partial charge in [0.2, 0.25) is 8.13 Å². The first-order valence-corrected chi connectivity index (χ1v) is 7.54. The summed E-state index contributed by atoms with van der Waals surface area (Å²) in [5, 5.41) is 6.03. The van der Waals surface area contributed by atoms with Crippen LogP contribution in [-0.4, -0.2) is 43.1 Å². The topological polar surface area (TPSA) is 18.8 Å². The van der Waals surface area contributed by atoms with E-state index in [-0.39, 0.29) is 6.04 Å². The van der Waals surface area contributed by atoms with Crippen LogP contribution in [0.1, 0.15) is 27.2 Å². The van der Waals surface area contributed by atoms with E-state index in [2.05, 4.69) is 5.10 Å². The van der Waals surface area contributed by atoms with E-state index in [9.17, 15) is 0 Å². The molecule has 0 fully saturated rings. The smallest absolute Gasteiger partial charge is 0.227 e.